The van der Waals surface area contributed by atoms with Gasteiger partial charge in [0, 0.05) is 37.7 Å². The summed E-state index contributed by atoms with van der Waals surface area (Å²) in [5.41, 5.74) is 0.136. The number of nitrogens with one attached hydrogen (secondary N) is 1. The summed E-state index contributed by atoms with van der Waals surface area (Å²) in [6, 6.07) is 0.665. The normalized spacial score (nSPS) is 36.0. The molecule has 2 atom stereocenters. The summed E-state index contributed by atoms with van der Waals surface area (Å²) < 4.78 is 11.6. The van der Waals surface area contributed by atoms with E-state index in [9.17, 15) is 0 Å². The summed E-state index contributed by atoms with van der Waals surface area (Å²) in [6.07, 6.45) is 7.35. The molecular formula is C14H25NO2S. The largest absolute Gasteiger partial charge is 0.381 e. The molecule has 0 aromatic rings. The van der Waals surface area contributed by atoms with Crippen molar-refractivity contribution in [1.82, 2.24) is 5.32 Å². The lowest BCUT2D eigenvalue weighted by Crippen LogP contribution is -2.50. The Kier molecular flexibility index (Phi) is 4.50. The van der Waals surface area contributed by atoms with Gasteiger partial charge in [-0.3, -0.25) is 0 Å². The lowest BCUT2D eigenvalue weighted by Gasteiger charge is -2.43. The molecule has 3 saturated heterocycles. The fraction of sp³-hybridized carbons (Fsp3) is 1.00. The molecule has 3 heterocycles. The average molecular weight is 271 g/mol. The van der Waals surface area contributed by atoms with Crippen LogP contribution in [-0.4, -0.2) is 49.0 Å². The molecular weight excluding hydrogens is 246 g/mol. The van der Waals surface area contributed by atoms with Crippen molar-refractivity contribution in [2.75, 3.05) is 32.1 Å². The molecule has 0 saturated carbocycles. The monoisotopic (exact) mass is 271 g/mol. The quantitative estimate of drug-likeness (QED) is 0.852. The van der Waals surface area contributed by atoms with Crippen LogP contribution in [0.5, 0.6) is 0 Å². The van der Waals surface area contributed by atoms with Crippen molar-refractivity contribution in [1.29, 1.82) is 0 Å². The van der Waals surface area contributed by atoms with Crippen molar-refractivity contribution in [2.45, 2.75) is 55.4 Å². The van der Waals surface area contributed by atoms with Crippen LogP contribution in [0.2, 0.25) is 0 Å². The van der Waals surface area contributed by atoms with Crippen molar-refractivity contribution in [3.8, 4) is 0 Å². The third-order valence-electron chi connectivity index (χ3n) is 4.56. The van der Waals surface area contributed by atoms with Gasteiger partial charge in [0.1, 0.15) is 0 Å². The topological polar surface area (TPSA) is 30.5 Å². The Morgan fingerprint density at radius 1 is 1.17 bits per heavy atom. The molecule has 4 heteroatoms. The summed E-state index contributed by atoms with van der Waals surface area (Å²) >= 11 is 2.14. The number of thioether (sulfide) groups is 1. The van der Waals surface area contributed by atoms with Gasteiger partial charge in [-0.15, -0.1) is 0 Å². The van der Waals surface area contributed by atoms with Gasteiger partial charge in [0.15, 0.2) is 0 Å². The van der Waals surface area contributed by atoms with Crippen LogP contribution in [0.4, 0.5) is 0 Å². The van der Waals surface area contributed by atoms with E-state index >= 15 is 0 Å². The molecule has 3 fully saturated rings. The van der Waals surface area contributed by atoms with Crippen LogP contribution in [0, 0.1) is 0 Å². The second kappa shape index (κ2) is 6.12. The summed E-state index contributed by atoms with van der Waals surface area (Å²) in [7, 11) is 0. The molecule has 3 aliphatic heterocycles. The van der Waals surface area contributed by atoms with Crippen molar-refractivity contribution >= 4 is 11.8 Å². The Morgan fingerprint density at radius 2 is 2.06 bits per heavy atom. The fourth-order valence-corrected chi connectivity index (χ4v) is 4.61. The Balaban J connectivity index is 1.47. The highest BCUT2D eigenvalue weighted by atomic mass is 32.2. The summed E-state index contributed by atoms with van der Waals surface area (Å²) in [5.74, 6) is 1.36. The first kappa shape index (κ1) is 13.2. The molecule has 0 bridgehead atoms. The smallest absolute Gasteiger partial charge is 0.0741 e. The predicted octanol–water partition coefficient (Wildman–Crippen LogP) is 2.20. The second-order valence-corrected chi connectivity index (χ2v) is 7.29. The maximum atomic E-state index is 6.08. The highest BCUT2D eigenvalue weighted by molar-refractivity contribution is 8.00. The zero-order valence-corrected chi connectivity index (χ0v) is 12.0. The van der Waals surface area contributed by atoms with Gasteiger partial charge in [0.05, 0.1) is 5.60 Å². The Bertz CT molecular complexity index is 257. The van der Waals surface area contributed by atoms with Crippen molar-refractivity contribution in [2.24, 2.45) is 0 Å². The zero-order chi connectivity index (χ0) is 12.3. The first-order valence-corrected chi connectivity index (χ1v) is 8.48. The molecule has 18 heavy (non-hydrogen) atoms. The second-order valence-electron chi connectivity index (χ2n) is 5.88. The molecule has 3 rings (SSSR count). The number of ether oxygens (including phenoxy) is 2. The summed E-state index contributed by atoms with van der Waals surface area (Å²) in [6.45, 7) is 3.88. The van der Waals surface area contributed by atoms with Crippen LogP contribution in [0.3, 0.4) is 0 Å². The van der Waals surface area contributed by atoms with Gasteiger partial charge in [-0.1, -0.05) is 0 Å². The first-order valence-electron chi connectivity index (χ1n) is 7.43. The molecule has 3 nitrogen and oxygen atoms in total. The number of hydrogen-bond donors (Lipinski definition) is 1. The molecule has 1 N–H and O–H groups in total. The Hall–Kier alpha value is 0.230. The average Bonchev–Trinajstić information content (AvgIpc) is 2.91. The molecule has 0 aliphatic carbocycles. The molecule has 104 valence electrons. The minimum Gasteiger partial charge on any atom is -0.381 e. The summed E-state index contributed by atoms with van der Waals surface area (Å²) in [4.78, 5) is 0. The van der Waals surface area contributed by atoms with E-state index in [1.807, 2.05) is 0 Å². The molecule has 0 radical (unpaired) electrons. The van der Waals surface area contributed by atoms with Crippen LogP contribution >= 0.6 is 11.8 Å². The standard InChI is InChI=1S/C14H25NO2S/c1-2-13(18-9-1)11-15-12-3-6-17-14(10-12)4-7-16-8-5-14/h12-13,15H,1-11H2. The van der Waals surface area contributed by atoms with Gasteiger partial charge < -0.3 is 14.8 Å². The maximum Gasteiger partial charge on any atom is 0.0741 e. The number of rotatable bonds is 3. The lowest BCUT2D eigenvalue weighted by molar-refractivity contribution is -0.140. The molecule has 3 aliphatic rings. The fourth-order valence-electron chi connectivity index (χ4n) is 3.40. The Morgan fingerprint density at radius 3 is 2.83 bits per heavy atom. The maximum absolute atomic E-state index is 6.08. The van der Waals surface area contributed by atoms with E-state index in [2.05, 4.69) is 17.1 Å². The van der Waals surface area contributed by atoms with Crippen LogP contribution in [-0.2, 0) is 9.47 Å². The minimum atomic E-state index is 0.136. The van der Waals surface area contributed by atoms with Gasteiger partial charge in [-0.25, -0.2) is 0 Å². The van der Waals surface area contributed by atoms with Crippen LogP contribution < -0.4 is 5.32 Å². The van der Waals surface area contributed by atoms with E-state index < -0.39 is 0 Å². The van der Waals surface area contributed by atoms with Crippen molar-refractivity contribution in [3.05, 3.63) is 0 Å². The highest BCUT2D eigenvalue weighted by Gasteiger charge is 2.38. The first-order chi connectivity index (χ1) is 8.86. The number of hydrogen-bond acceptors (Lipinski definition) is 4. The molecule has 1 spiro atoms. The van der Waals surface area contributed by atoms with Crippen LogP contribution in [0.15, 0.2) is 0 Å². The van der Waals surface area contributed by atoms with Gasteiger partial charge in [-0.2, -0.15) is 11.8 Å². The molecule has 0 amide bonds. The van der Waals surface area contributed by atoms with E-state index in [1.165, 1.54) is 38.0 Å². The van der Waals surface area contributed by atoms with E-state index in [4.69, 9.17) is 9.47 Å². The van der Waals surface area contributed by atoms with Crippen molar-refractivity contribution < 1.29 is 9.47 Å². The van der Waals surface area contributed by atoms with Gasteiger partial charge in [-0.05, 0) is 44.3 Å². The zero-order valence-electron chi connectivity index (χ0n) is 11.2. The van der Waals surface area contributed by atoms with Crippen LogP contribution in [0.1, 0.15) is 38.5 Å². The predicted molar refractivity (Wildman–Crippen MR) is 75.2 cm³/mol. The third kappa shape index (κ3) is 3.21. The molecule has 0 aromatic carbocycles. The van der Waals surface area contributed by atoms with Crippen molar-refractivity contribution in [3.63, 3.8) is 0 Å². The minimum absolute atomic E-state index is 0.136. The van der Waals surface area contributed by atoms with Gasteiger partial charge >= 0.3 is 0 Å². The van der Waals surface area contributed by atoms with E-state index in [0.29, 0.717) is 6.04 Å². The van der Waals surface area contributed by atoms with E-state index in [0.717, 1.165) is 37.9 Å². The highest BCUT2D eigenvalue weighted by Crippen LogP contribution is 2.34. The molecule has 2 unspecified atom stereocenters. The molecule has 0 aromatic heterocycles. The Labute approximate surface area is 114 Å². The van der Waals surface area contributed by atoms with E-state index in [-0.39, 0.29) is 5.60 Å². The summed E-state index contributed by atoms with van der Waals surface area (Å²) in [5, 5.41) is 4.65. The third-order valence-corrected chi connectivity index (χ3v) is 5.95. The van der Waals surface area contributed by atoms with Gasteiger partial charge in [0.25, 0.3) is 0 Å². The van der Waals surface area contributed by atoms with Crippen LogP contribution in [0.25, 0.3) is 0 Å². The van der Waals surface area contributed by atoms with E-state index in [1.54, 1.807) is 0 Å². The SMILES string of the molecule is C1CSC(CNC2CCOC3(CCOCC3)C2)C1. The van der Waals surface area contributed by atoms with Gasteiger partial charge in [0.2, 0.25) is 0 Å². The lowest BCUT2D eigenvalue weighted by atomic mass is 9.84.